The summed E-state index contributed by atoms with van der Waals surface area (Å²) in [5.74, 6) is 3.44. The zero-order valence-electron chi connectivity index (χ0n) is 5.94. The zero-order valence-corrected chi connectivity index (χ0v) is 5.94. The van der Waals surface area contributed by atoms with Crippen molar-refractivity contribution < 1.29 is 0 Å². The highest BCUT2D eigenvalue weighted by molar-refractivity contribution is 5.24. The Hall–Kier alpha value is 0. The van der Waals surface area contributed by atoms with Crippen molar-refractivity contribution in [2.75, 3.05) is 0 Å². The Morgan fingerprint density at radius 3 is 1.88 bits per heavy atom. The van der Waals surface area contributed by atoms with Gasteiger partial charge in [-0.2, -0.15) is 0 Å². The first-order valence-electron chi connectivity index (χ1n) is 3.69. The third-order valence-corrected chi connectivity index (χ3v) is 3.25. The molecular formula is C8H14. The van der Waals surface area contributed by atoms with Gasteiger partial charge in [0.1, 0.15) is 0 Å². The van der Waals surface area contributed by atoms with Gasteiger partial charge in [-0.15, -0.1) is 0 Å². The van der Waals surface area contributed by atoms with Crippen molar-refractivity contribution in [1.82, 2.24) is 0 Å². The summed E-state index contributed by atoms with van der Waals surface area (Å²) in [5, 5.41) is 0. The standard InChI is InChI=1S/C8H14/c1-4-5-6-7(5)8(6,2)3/h5-7H,4H2,1-3H3. The van der Waals surface area contributed by atoms with Crippen LogP contribution in [0.5, 0.6) is 0 Å². The third-order valence-electron chi connectivity index (χ3n) is 3.25. The SMILES string of the molecule is CCC1C2C1C2(C)C. The minimum Gasteiger partial charge on any atom is -0.0651 e. The number of rotatable bonds is 1. The van der Waals surface area contributed by atoms with Crippen LogP contribution in [0.1, 0.15) is 27.2 Å². The van der Waals surface area contributed by atoms with E-state index < -0.39 is 0 Å². The summed E-state index contributed by atoms with van der Waals surface area (Å²) < 4.78 is 0. The van der Waals surface area contributed by atoms with Gasteiger partial charge in [0.2, 0.25) is 0 Å². The fraction of sp³-hybridized carbons (Fsp3) is 1.00. The van der Waals surface area contributed by atoms with E-state index in [1.807, 2.05) is 0 Å². The Kier molecular flexibility index (Phi) is 0.595. The van der Waals surface area contributed by atoms with E-state index in [2.05, 4.69) is 20.8 Å². The molecule has 0 radical (unpaired) electrons. The molecule has 2 aliphatic rings. The fourth-order valence-corrected chi connectivity index (χ4v) is 2.58. The van der Waals surface area contributed by atoms with Gasteiger partial charge in [-0.1, -0.05) is 27.2 Å². The molecule has 0 aromatic carbocycles. The van der Waals surface area contributed by atoms with E-state index in [1.165, 1.54) is 6.42 Å². The van der Waals surface area contributed by atoms with Gasteiger partial charge in [-0.25, -0.2) is 0 Å². The van der Waals surface area contributed by atoms with E-state index in [0.717, 1.165) is 23.2 Å². The molecule has 0 heteroatoms. The highest BCUT2D eigenvalue weighted by Gasteiger charge is 2.77. The molecule has 0 heterocycles. The Balaban J connectivity index is 1.95. The fourth-order valence-electron chi connectivity index (χ4n) is 2.58. The second kappa shape index (κ2) is 0.984. The predicted octanol–water partition coefficient (Wildman–Crippen LogP) is 2.30. The van der Waals surface area contributed by atoms with Crippen molar-refractivity contribution >= 4 is 0 Å². The van der Waals surface area contributed by atoms with Gasteiger partial charge in [-0.3, -0.25) is 0 Å². The van der Waals surface area contributed by atoms with Gasteiger partial charge < -0.3 is 0 Å². The second-order valence-corrected chi connectivity index (χ2v) is 3.95. The van der Waals surface area contributed by atoms with E-state index in [-0.39, 0.29) is 0 Å². The molecular weight excluding hydrogens is 96.1 g/mol. The van der Waals surface area contributed by atoms with Crippen molar-refractivity contribution in [2.45, 2.75) is 27.2 Å². The van der Waals surface area contributed by atoms with Crippen molar-refractivity contribution in [2.24, 2.45) is 23.2 Å². The van der Waals surface area contributed by atoms with Crippen LogP contribution in [0.2, 0.25) is 0 Å². The average Bonchev–Trinajstić information content (AvgIpc) is 2.48. The monoisotopic (exact) mass is 110 g/mol. The van der Waals surface area contributed by atoms with Crippen LogP contribution in [-0.4, -0.2) is 0 Å². The Bertz CT molecular complexity index is 112. The molecule has 2 aliphatic carbocycles. The summed E-state index contributed by atoms with van der Waals surface area (Å²) in [7, 11) is 0. The number of hydrogen-bond acceptors (Lipinski definition) is 0. The summed E-state index contributed by atoms with van der Waals surface area (Å²) in [6, 6.07) is 0. The number of hydrogen-bond donors (Lipinski definition) is 0. The van der Waals surface area contributed by atoms with Gasteiger partial charge in [0.05, 0.1) is 0 Å². The summed E-state index contributed by atoms with van der Waals surface area (Å²) in [6.07, 6.45) is 1.43. The lowest BCUT2D eigenvalue weighted by Crippen LogP contribution is -2.06. The highest BCUT2D eigenvalue weighted by atomic mass is 14.8. The molecule has 0 N–H and O–H groups in total. The van der Waals surface area contributed by atoms with Gasteiger partial charge in [0.15, 0.2) is 0 Å². The van der Waals surface area contributed by atoms with Crippen LogP contribution < -0.4 is 0 Å². The van der Waals surface area contributed by atoms with E-state index in [0.29, 0.717) is 0 Å². The first-order chi connectivity index (χ1) is 3.69. The van der Waals surface area contributed by atoms with Crippen molar-refractivity contribution in [1.29, 1.82) is 0 Å². The van der Waals surface area contributed by atoms with E-state index in [9.17, 15) is 0 Å². The number of fused-ring (bicyclic) bond motifs is 1. The summed E-state index contributed by atoms with van der Waals surface area (Å²) in [5.41, 5.74) is 0.778. The quantitative estimate of drug-likeness (QED) is 0.486. The van der Waals surface area contributed by atoms with Gasteiger partial charge in [-0.05, 0) is 23.2 Å². The largest absolute Gasteiger partial charge is 0.0651 e. The Morgan fingerprint density at radius 1 is 1.25 bits per heavy atom. The van der Waals surface area contributed by atoms with Crippen molar-refractivity contribution in [3.8, 4) is 0 Å². The van der Waals surface area contributed by atoms with E-state index >= 15 is 0 Å². The maximum Gasteiger partial charge on any atom is -0.0286 e. The molecule has 2 saturated carbocycles. The molecule has 2 atom stereocenters. The molecule has 0 aliphatic heterocycles. The second-order valence-electron chi connectivity index (χ2n) is 3.95. The maximum atomic E-state index is 2.40. The molecule has 8 heavy (non-hydrogen) atoms. The molecule has 2 unspecified atom stereocenters. The van der Waals surface area contributed by atoms with Crippen LogP contribution in [0.4, 0.5) is 0 Å². The summed E-state index contributed by atoms with van der Waals surface area (Å²) >= 11 is 0. The minimum absolute atomic E-state index is 0.778. The highest BCUT2D eigenvalue weighted by Crippen LogP contribution is 2.81. The molecule has 0 spiro atoms. The van der Waals surface area contributed by atoms with Crippen molar-refractivity contribution in [3.63, 3.8) is 0 Å². The lowest BCUT2D eigenvalue weighted by Gasteiger charge is -2.13. The lowest BCUT2D eigenvalue weighted by atomic mass is 9.91. The molecule has 2 rings (SSSR count). The smallest absolute Gasteiger partial charge is 0.0286 e. The molecule has 0 bridgehead atoms. The first kappa shape index (κ1) is 4.84. The van der Waals surface area contributed by atoms with Crippen LogP contribution in [-0.2, 0) is 0 Å². The maximum absolute atomic E-state index is 2.40. The topological polar surface area (TPSA) is 0 Å². The Morgan fingerprint density at radius 2 is 1.75 bits per heavy atom. The van der Waals surface area contributed by atoms with Crippen LogP contribution in [0.3, 0.4) is 0 Å². The van der Waals surface area contributed by atoms with E-state index in [1.54, 1.807) is 0 Å². The predicted molar refractivity (Wildman–Crippen MR) is 34.5 cm³/mol. The zero-order chi connectivity index (χ0) is 5.94. The van der Waals surface area contributed by atoms with Crippen molar-refractivity contribution in [3.05, 3.63) is 0 Å². The Labute approximate surface area is 51.3 Å². The molecule has 0 aromatic rings. The molecule has 0 nitrogen and oxygen atoms in total. The molecule has 0 amide bonds. The third kappa shape index (κ3) is 0.310. The molecule has 0 saturated heterocycles. The van der Waals surface area contributed by atoms with Gasteiger partial charge in [0, 0.05) is 0 Å². The molecule has 0 aromatic heterocycles. The van der Waals surface area contributed by atoms with Gasteiger partial charge in [0.25, 0.3) is 0 Å². The van der Waals surface area contributed by atoms with Crippen LogP contribution in [0.25, 0.3) is 0 Å². The van der Waals surface area contributed by atoms with Crippen LogP contribution in [0.15, 0.2) is 0 Å². The van der Waals surface area contributed by atoms with Crippen LogP contribution >= 0.6 is 0 Å². The normalized spacial score (nSPS) is 55.1. The summed E-state index contributed by atoms with van der Waals surface area (Å²) in [4.78, 5) is 0. The summed E-state index contributed by atoms with van der Waals surface area (Å²) in [6.45, 7) is 7.11. The molecule has 46 valence electrons. The molecule has 2 fully saturated rings. The average molecular weight is 110 g/mol. The van der Waals surface area contributed by atoms with E-state index in [4.69, 9.17) is 0 Å². The lowest BCUT2D eigenvalue weighted by molar-refractivity contribution is 0.353. The van der Waals surface area contributed by atoms with Crippen LogP contribution in [0, 0.1) is 23.2 Å². The first-order valence-corrected chi connectivity index (χ1v) is 3.69. The minimum atomic E-state index is 0.778. The van der Waals surface area contributed by atoms with Gasteiger partial charge >= 0.3 is 0 Å².